The summed E-state index contributed by atoms with van der Waals surface area (Å²) in [5.74, 6) is -0.0586. The van der Waals surface area contributed by atoms with Crippen molar-refractivity contribution >= 4 is 17.2 Å². The first-order valence-electron chi connectivity index (χ1n) is 6.49. The Hall–Kier alpha value is -2.47. The molecule has 3 heterocycles. The van der Waals surface area contributed by atoms with Crippen molar-refractivity contribution in [3.63, 3.8) is 0 Å². The zero-order valence-corrected chi connectivity index (χ0v) is 12.3. The van der Waals surface area contributed by atoms with Crippen molar-refractivity contribution in [3.8, 4) is 11.3 Å². The third-order valence-electron chi connectivity index (χ3n) is 3.13. The van der Waals surface area contributed by atoms with Crippen molar-refractivity contribution in [2.24, 2.45) is 7.05 Å². The lowest BCUT2D eigenvalue weighted by Gasteiger charge is -2.03. The van der Waals surface area contributed by atoms with Crippen LogP contribution in [0.2, 0.25) is 0 Å². The lowest BCUT2D eigenvalue weighted by molar-refractivity contribution is 0.0954. The van der Waals surface area contributed by atoms with Gasteiger partial charge in [0.25, 0.3) is 5.91 Å². The number of rotatable bonds is 4. The number of pyridine rings is 1. The second kappa shape index (κ2) is 5.88. The van der Waals surface area contributed by atoms with Gasteiger partial charge in [0.15, 0.2) is 0 Å². The number of thiophene rings is 1. The highest BCUT2D eigenvalue weighted by Gasteiger charge is 2.10. The van der Waals surface area contributed by atoms with Gasteiger partial charge in [0.05, 0.1) is 22.8 Å². The number of hydrogen-bond acceptors (Lipinski definition) is 4. The maximum absolute atomic E-state index is 11.9. The van der Waals surface area contributed by atoms with E-state index in [2.05, 4.69) is 15.4 Å². The van der Waals surface area contributed by atoms with E-state index in [4.69, 9.17) is 0 Å². The molecule has 106 valence electrons. The summed E-state index contributed by atoms with van der Waals surface area (Å²) in [6.07, 6.45) is 3.48. The molecular weight excluding hydrogens is 284 g/mol. The summed E-state index contributed by atoms with van der Waals surface area (Å²) in [6.45, 7) is 0.450. The summed E-state index contributed by atoms with van der Waals surface area (Å²) in [5.41, 5.74) is 2.84. The van der Waals surface area contributed by atoms with Gasteiger partial charge < -0.3 is 5.32 Å². The molecule has 0 radical (unpaired) electrons. The molecule has 0 saturated heterocycles. The van der Waals surface area contributed by atoms with E-state index in [1.807, 2.05) is 42.8 Å². The number of carbonyl (C=O) groups is 1. The summed E-state index contributed by atoms with van der Waals surface area (Å²) in [5, 5.41) is 9.26. The van der Waals surface area contributed by atoms with Crippen LogP contribution in [0.4, 0.5) is 0 Å². The molecule has 3 aromatic rings. The van der Waals surface area contributed by atoms with Crippen LogP contribution in [0.5, 0.6) is 0 Å². The fourth-order valence-corrected chi connectivity index (χ4v) is 2.64. The molecule has 0 saturated carbocycles. The molecule has 0 fully saturated rings. The minimum atomic E-state index is -0.0586. The molecule has 0 aliphatic heterocycles. The van der Waals surface area contributed by atoms with E-state index in [1.165, 1.54) is 11.3 Å². The molecule has 1 amide bonds. The Kier molecular flexibility index (Phi) is 3.79. The van der Waals surface area contributed by atoms with E-state index >= 15 is 0 Å². The van der Waals surface area contributed by atoms with Gasteiger partial charge in [0.1, 0.15) is 0 Å². The van der Waals surface area contributed by atoms with Gasteiger partial charge in [-0.05, 0) is 29.6 Å². The zero-order valence-electron chi connectivity index (χ0n) is 11.5. The second-order valence-electron chi connectivity index (χ2n) is 4.54. The average Bonchev–Trinajstić information content (AvgIpc) is 3.16. The molecule has 3 rings (SSSR count). The van der Waals surface area contributed by atoms with Gasteiger partial charge >= 0.3 is 0 Å². The maximum atomic E-state index is 11.9. The normalized spacial score (nSPS) is 10.5. The fourth-order valence-electron chi connectivity index (χ4n) is 2.00. The van der Waals surface area contributed by atoms with E-state index in [-0.39, 0.29) is 5.91 Å². The van der Waals surface area contributed by atoms with Gasteiger partial charge in [-0.1, -0.05) is 6.07 Å². The van der Waals surface area contributed by atoms with E-state index < -0.39 is 0 Å². The van der Waals surface area contributed by atoms with Crippen molar-refractivity contribution < 1.29 is 4.79 Å². The van der Waals surface area contributed by atoms with Gasteiger partial charge in [-0.25, -0.2) is 0 Å². The zero-order chi connectivity index (χ0) is 14.7. The molecule has 0 aromatic carbocycles. The number of amides is 1. The quantitative estimate of drug-likeness (QED) is 0.805. The second-order valence-corrected chi connectivity index (χ2v) is 5.49. The third kappa shape index (κ3) is 3.00. The van der Waals surface area contributed by atoms with Crippen molar-refractivity contribution in [1.82, 2.24) is 20.1 Å². The minimum Gasteiger partial charge on any atom is -0.346 e. The SMILES string of the molecule is Cn1nc(-c2ccncc2)cc1CNC(=O)c1cccs1. The Bertz CT molecular complexity index is 734. The Balaban J connectivity index is 1.72. The number of aryl methyl sites for hydroxylation is 1. The van der Waals surface area contributed by atoms with Crippen LogP contribution in [0.3, 0.4) is 0 Å². The molecule has 0 atom stereocenters. The van der Waals surface area contributed by atoms with Crippen molar-refractivity contribution in [2.45, 2.75) is 6.54 Å². The van der Waals surface area contributed by atoms with E-state index in [1.54, 1.807) is 17.1 Å². The highest BCUT2D eigenvalue weighted by atomic mass is 32.1. The fraction of sp³-hybridized carbons (Fsp3) is 0.133. The Morgan fingerprint density at radius 1 is 1.33 bits per heavy atom. The first kappa shape index (κ1) is 13.5. The first-order valence-corrected chi connectivity index (χ1v) is 7.37. The molecular formula is C15H14N4OS. The lowest BCUT2D eigenvalue weighted by Crippen LogP contribution is -2.23. The van der Waals surface area contributed by atoms with Crippen LogP contribution < -0.4 is 5.32 Å². The van der Waals surface area contributed by atoms with Crippen LogP contribution >= 0.6 is 11.3 Å². The third-order valence-corrected chi connectivity index (χ3v) is 4.00. The standard InChI is InChI=1S/C15H14N4OS/c1-19-12(10-17-15(20)14-3-2-8-21-14)9-13(18-19)11-4-6-16-7-5-11/h2-9H,10H2,1H3,(H,17,20). The Morgan fingerprint density at radius 3 is 2.86 bits per heavy atom. The largest absolute Gasteiger partial charge is 0.346 e. The molecule has 0 spiro atoms. The van der Waals surface area contributed by atoms with Crippen LogP contribution in [0.15, 0.2) is 48.1 Å². The van der Waals surface area contributed by atoms with E-state index in [0.717, 1.165) is 17.0 Å². The highest BCUT2D eigenvalue weighted by Crippen LogP contribution is 2.17. The van der Waals surface area contributed by atoms with Gasteiger partial charge in [-0.3, -0.25) is 14.5 Å². The summed E-state index contributed by atoms with van der Waals surface area (Å²) in [4.78, 5) is 16.6. The molecule has 0 bridgehead atoms. The molecule has 1 N–H and O–H groups in total. The van der Waals surface area contributed by atoms with Gasteiger partial charge in [-0.15, -0.1) is 11.3 Å². The summed E-state index contributed by atoms with van der Waals surface area (Å²) in [6, 6.07) is 9.48. The number of carbonyl (C=O) groups excluding carboxylic acids is 1. The Morgan fingerprint density at radius 2 is 2.14 bits per heavy atom. The predicted octanol–water partition coefficient (Wildman–Crippen LogP) is 2.47. The molecule has 0 aliphatic rings. The maximum Gasteiger partial charge on any atom is 0.261 e. The minimum absolute atomic E-state index is 0.0586. The molecule has 0 unspecified atom stereocenters. The topological polar surface area (TPSA) is 59.8 Å². The average molecular weight is 298 g/mol. The predicted molar refractivity (Wildman–Crippen MR) is 81.9 cm³/mol. The van der Waals surface area contributed by atoms with E-state index in [9.17, 15) is 4.79 Å². The number of nitrogens with one attached hydrogen (secondary N) is 1. The molecule has 6 heteroatoms. The van der Waals surface area contributed by atoms with Crippen LogP contribution in [0, 0.1) is 0 Å². The summed E-state index contributed by atoms with van der Waals surface area (Å²) in [7, 11) is 1.87. The monoisotopic (exact) mass is 298 g/mol. The van der Waals surface area contributed by atoms with E-state index in [0.29, 0.717) is 11.4 Å². The van der Waals surface area contributed by atoms with Gasteiger partial charge in [-0.2, -0.15) is 5.10 Å². The van der Waals surface area contributed by atoms with Crippen molar-refractivity contribution in [1.29, 1.82) is 0 Å². The Labute approximate surface area is 126 Å². The lowest BCUT2D eigenvalue weighted by atomic mass is 10.2. The molecule has 21 heavy (non-hydrogen) atoms. The van der Waals surface area contributed by atoms with Crippen molar-refractivity contribution in [3.05, 3.63) is 58.7 Å². The van der Waals surface area contributed by atoms with Crippen LogP contribution in [-0.2, 0) is 13.6 Å². The van der Waals surface area contributed by atoms with Crippen molar-refractivity contribution in [2.75, 3.05) is 0 Å². The number of aromatic nitrogens is 3. The van der Waals surface area contributed by atoms with Crippen LogP contribution in [0.1, 0.15) is 15.4 Å². The summed E-state index contributed by atoms with van der Waals surface area (Å²) < 4.78 is 1.78. The van der Waals surface area contributed by atoms with Gasteiger partial charge in [0, 0.05) is 25.0 Å². The molecule has 5 nitrogen and oxygen atoms in total. The van der Waals surface area contributed by atoms with Crippen LogP contribution in [-0.4, -0.2) is 20.7 Å². The molecule has 3 aromatic heterocycles. The smallest absolute Gasteiger partial charge is 0.261 e. The van der Waals surface area contributed by atoms with Gasteiger partial charge in [0.2, 0.25) is 0 Å². The highest BCUT2D eigenvalue weighted by molar-refractivity contribution is 7.12. The molecule has 0 aliphatic carbocycles. The first-order chi connectivity index (χ1) is 10.2. The number of nitrogens with zero attached hydrogens (tertiary/aromatic N) is 3. The summed E-state index contributed by atoms with van der Waals surface area (Å²) >= 11 is 1.43. The van der Waals surface area contributed by atoms with Crippen LogP contribution in [0.25, 0.3) is 11.3 Å². The number of hydrogen-bond donors (Lipinski definition) is 1.